The Hall–Kier alpha value is -3.48. The fourth-order valence-electron chi connectivity index (χ4n) is 3.26. The van der Waals surface area contributed by atoms with Crippen LogP contribution in [0, 0.1) is 13.8 Å². The van der Waals surface area contributed by atoms with Crippen LogP contribution in [0.2, 0.25) is 0 Å². The van der Waals surface area contributed by atoms with Gasteiger partial charge in [-0.25, -0.2) is 14.5 Å². The molecule has 1 amide bonds. The third-order valence-corrected chi connectivity index (χ3v) is 4.66. The Morgan fingerprint density at radius 3 is 2.81 bits per heavy atom. The molecule has 7 nitrogen and oxygen atoms in total. The molecule has 0 saturated carbocycles. The summed E-state index contributed by atoms with van der Waals surface area (Å²) in [5.41, 5.74) is 4.58. The standard InChI is InChI=1S/C20H19N5O2/c1-12-14(9-10-18(27)23-19-17(26)8-5-11-21-19)13(2)25-20(22-12)15-6-3-4-7-16(15)24-25/h3-8,11,26H,9-10H2,1-2H3,(H,21,23,27). The van der Waals surface area contributed by atoms with E-state index in [1.165, 1.54) is 12.3 Å². The molecule has 136 valence electrons. The van der Waals surface area contributed by atoms with Crippen molar-refractivity contribution in [1.82, 2.24) is 19.6 Å². The van der Waals surface area contributed by atoms with E-state index in [-0.39, 0.29) is 23.9 Å². The molecule has 4 aromatic rings. The van der Waals surface area contributed by atoms with Crippen molar-refractivity contribution in [3.8, 4) is 5.75 Å². The number of nitrogens with zero attached hydrogens (tertiary/aromatic N) is 4. The number of aromatic hydroxyl groups is 1. The Labute approximate surface area is 155 Å². The second-order valence-corrected chi connectivity index (χ2v) is 6.43. The van der Waals surface area contributed by atoms with Gasteiger partial charge in [-0.15, -0.1) is 0 Å². The van der Waals surface area contributed by atoms with E-state index in [0.29, 0.717) is 6.42 Å². The Bertz CT molecular complexity index is 1170. The van der Waals surface area contributed by atoms with Crippen LogP contribution in [0.4, 0.5) is 5.82 Å². The number of pyridine rings is 1. The highest BCUT2D eigenvalue weighted by molar-refractivity contribution is 5.92. The molecule has 2 N–H and O–H groups in total. The number of nitrogens with one attached hydrogen (secondary N) is 1. The molecule has 0 unspecified atom stereocenters. The van der Waals surface area contributed by atoms with Crippen LogP contribution in [0.5, 0.6) is 5.75 Å². The number of anilines is 1. The molecule has 0 atom stereocenters. The average molecular weight is 361 g/mol. The van der Waals surface area contributed by atoms with Crippen molar-refractivity contribution < 1.29 is 9.90 Å². The third kappa shape index (κ3) is 3.08. The lowest BCUT2D eigenvalue weighted by Crippen LogP contribution is -2.15. The highest BCUT2D eigenvalue weighted by atomic mass is 16.3. The molecule has 3 aromatic heterocycles. The third-order valence-electron chi connectivity index (χ3n) is 4.66. The predicted octanol–water partition coefficient (Wildman–Crippen LogP) is 3.17. The summed E-state index contributed by atoms with van der Waals surface area (Å²) in [7, 11) is 0. The van der Waals surface area contributed by atoms with E-state index in [2.05, 4.69) is 15.4 Å². The zero-order valence-electron chi connectivity index (χ0n) is 15.1. The smallest absolute Gasteiger partial charge is 0.225 e. The predicted molar refractivity (Wildman–Crippen MR) is 103 cm³/mol. The van der Waals surface area contributed by atoms with Gasteiger partial charge in [-0.2, -0.15) is 5.10 Å². The number of benzene rings is 1. The fourth-order valence-corrected chi connectivity index (χ4v) is 3.26. The quantitative estimate of drug-likeness (QED) is 0.582. The van der Waals surface area contributed by atoms with Gasteiger partial charge in [0, 0.05) is 29.4 Å². The highest BCUT2D eigenvalue weighted by Crippen LogP contribution is 2.23. The van der Waals surface area contributed by atoms with E-state index in [1.807, 2.05) is 42.6 Å². The van der Waals surface area contributed by atoms with Gasteiger partial charge in [0.1, 0.15) is 0 Å². The van der Waals surface area contributed by atoms with Crippen LogP contribution in [0.15, 0.2) is 42.6 Å². The molecule has 0 aliphatic heterocycles. The lowest BCUT2D eigenvalue weighted by molar-refractivity contribution is -0.116. The first-order valence-electron chi connectivity index (χ1n) is 8.72. The number of hydrogen-bond donors (Lipinski definition) is 2. The maximum Gasteiger partial charge on any atom is 0.225 e. The van der Waals surface area contributed by atoms with Gasteiger partial charge in [0.15, 0.2) is 17.2 Å². The molecule has 0 spiro atoms. The summed E-state index contributed by atoms with van der Waals surface area (Å²) in [4.78, 5) is 20.9. The molecule has 0 saturated heterocycles. The first-order valence-corrected chi connectivity index (χ1v) is 8.72. The molecule has 7 heteroatoms. The molecular formula is C20H19N5O2. The summed E-state index contributed by atoms with van der Waals surface area (Å²) in [6, 6.07) is 11.0. The number of aromatic nitrogens is 4. The number of carbonyl (C=O) groups excluding carboxylic acids is 1. The SMILES string of the molecule is Cc1nc2c3ccccc3nn2c(C)c1CCC(=O)Nc1ncccc1O. The summed E-state index contributed by atoms with van der Waals surface area (Å²) < 4.78 is 1.84. The molecule has 0 aliphatic rings. The van der Waals surface area contributed by atoms with Gasteiger partial charge in [-0.05, 0) is 50.1 Å². The van der Waals surface area contributed by atoms with Crippen LogP contribution < -0.4 is 5.32 Å². The van der Waals surface area contributed by atoms with E-state index in [0.717, 1.165) is 33.5 Å². The van der Waals surface area contributed by atoms with Gasteiger partial charge < -0.3 is 10.4 Å². The minimum Gasteiger partial charge on any atom is -0.504 e. The van der Waals surface area contributed by atoms with Crippen molar-refractivity contribution in [2.75, 3.05) is 5.32 Å². The molecule has 1 aromatic carbocycles. The van der Waals surface area contributed by atoms with Crippen LogP contribution in [0.3, 0.4) is 0 Å². The van der Waals surface area contributed by atoms with Crippen molar-refractivity contribution in [3.63, 3.8) is 0 Å². The number of aryl methyl sites for hydroxylation is 2. The second-order valence-electron chi connectivity index (χ2n) is 6.43. The van der Waals surface area contributed by atoms with Crippen molar-refractivity contribution in [2.45, 2.75) is 26.7 Å². The van der Waals surface area contributed by atoms with Gasteiger partial charge in [-0.3, -0.25) is 4.79 Å². The summed E-state index contributed by atoms with van der Waals surface area (Å²) in [5, 5.41) is 18.0. The molecule has 3 heterocycles. The minimum atomic E-state index is -0.214. The molecule has 0 fully saturated rings. The van der Waals surface area contributed by atoms with E-state index in [1.54, 1.807) is 6.07 Å². The normalized spacial score (nSPS) is 11.2. The summed E-state index contributed by atoms with van der Waals surface area (Å²) >= 11 is 0. The van der Waals surface area contributed by atoms with Gasteiger partial charge in [0.25, 0.3) is 0 Å². The first-order chi connectivity index (χ1) is 13.0. The highest BCUT2D eigenvalue weighted by Gasteiger charge is 2.15. The topological polar surface area (TPSA) is 92.4 Å². The van der Waals surface area contributed by atoms with E-state index >= 15 is 0 Å². The first kappa shape index (κ1) is 17.0. The van der Waals surface area contributed by atoms with Gasteiger partial charge in [-0.1, -0.05) is 12.1 Å². The fraction of sp³-hybridized carbons (Fsp3) is 0.200. The van der Waals surface area contributed by atoms with Gasteiger partial charge >= 0.3 is 0 Å². The second kappa shape index (κ2) is 6.68. The van der Waals surface area contributed by atoms with Gasteiger partial charge in [0.2, 0.25) is 5.91 Å². The number of carbonyl (C=O) groups is 1. The largest absolute Gasteiger partial charge is 0.504 e. The summed E-state index contributed by atoms with van der Waals surface area (Å²) in [5.74, 6) is -0.0964. The average Bonchev–Trinajstić information content (AvgIpc) is 3.02. The van der Waals surface area contributed by atoms with E-state index < -0.39 is 0 Å². The van der Waals surface area contributed by atoms with Crippen molar-refractivity contribution in [2.24, 2.45) is 0 Å². The molecule has 0 radical (unpaired) electrons. The molecule has 0 bridgehead atoms. The maximum atomic E-state index is 12.3. The molecule has 4 rings (SSSR count). The number of amides is 1. The van der Waals surface area contributed by atoms with Crippen molar-refractivity contribution >= 4 is 28.3 Å². The lowest BCUT2D eigenvalue weighted by atomic mass is 10.1. The summed E-state index contributed by atoms with van der Waals surface area (Å²) in [6.07, 6.45) is 2.30. The Kier molecular flexibility index (Phi) is 4.19. The molecular weight excluding hydrogens is 342 g/mol. The van der Waals surface area contributed by atoms with Gasteiger partial charge in [0.05, 0.1) is 5.52 Å². The van der Waals surface area contributed by atoms with Crippen molar-refractivity contribution in [1.29, 1.82) is 0 Å². The van der Waals surface area contributed by atoms with Crippen LogP contribution in [-0.2, 0) is 11.2 Å². The number of hydrogen-bond acceptors (Lipinski definition) is 5. The van der Waals surface area contributed by atoms with E-state index in [9.17, 15) is 9.90 Å². The Morgan fingerprint density at radius 1 is 1.19 bits per heavy atom. The monoisotopic (exact) mass is 361 g/mol. The molecule has 27 heavy (non-hydrogen) atoms. The van der Waals surface area contributed by atoms with Crippen LogP contribution in [-0.4, -0.2) is 30.6 Å². The minimum absolute atomic E-state index is 0.0514. The Morgan fingerprint density at radius 2 is 2.00 bits per heavy atom. The number of fused-ring (bicyclic) bond motifs is 3. The van der Waals surface area contributed by atoms with Crippen LogP contribution >= 0.6 is 0 Å². The lowest BCUT2D eigenvalue weighted by Gasteiger charge is -2.11. The van der Waals surface area contributed by atoms with Crippen LogP contribution in [0.1, 0.15) is 23.4 Å². The zero-order chi connectivity index (χ0) is 19.0. The number of rotatable bonds is 4. The Balaban J connectivity index is 1.59. The van der Waals surface area contributed by atoms with Crippen LogP contribution in [0.25, 0.3) is 16.6 Å². The molecule has 0 aliphatic carbocycles. The zero-order valence-corrected chi connectivity index (χ0v) is 15.1. The van der Waals surface area contributed by atoms with Crippen molar-refractivity contribution in [3.05, 3.63) is 59.5 Å². The summed E-state index contributed by atoms with van der Waals surface area (Å²) in [6.45, 7) is 3.94. The maximum absolute atomic E-state index is 12.3. The van der Waals surface area contributed by atoms with E-state index in [4.69, 9.17) is 4.98 Å².